The first-order valence-electron chi connectivity index (χ1n) is 5.05. The van der Waals surface area contributed by atoms with Gasteiger partial charge in [-0.2, -0.15) is 0 Å². The van der Waals surface area contributed by atoms with Crippen molar-refractivity contribution in [3.63, 3.8) is 0 Å². The highest BCUT2D eigenvalue weighted by Gasteiger charge is 2.20. The molecule has 18 heavy (non-hydrogen) atoms. The zero-order valence-corrected chi connectivity index (χ0v) is 10.6. The minimum Gasteiger partial charge on any atom is -0.398 e. The number of nitrogen functional groups attached to an aromatic ring is 1. The molecule has 2 N–H and O–H groups in total. The fourth-order valence-corrected chi connectivity index (χ4v) is 1.99. The normalized spacial score (nSPS) is 10.4. The van der Waals surface area contributed by atoms with Crippen molar-refractivity contribution in [3.05, 3.63) is 63.4 Å². The highest BCUT2D eigenvalue weighted by molar-refractivity contribution is 6.45. The van der Waals surface area contributed by atoms with Gasteiger partial charge in [0.25, 0.3) is 0 Å². The highest BCUT2D eigenvalue weighted by Crippen LogP contribution is 2.32. The van der Waals surface area contributed by atoms with Gasteiger partial charge in [0.2, 0.25) is 0 Å². The van der Waals surface area contributed by atoms with Gasteiger partial charge in [-0.25, -0.2) is 4.39 Å². The Morgan fingerprint density at radius 1 is 1.11 bits per heavy atom. The monoisotopic (exact) mass is 283 g/mol. The van der Waals surface area contributed by atoms with E-state index in [9.17, 15) is 9.18 Å². The molecule has 2 nitrogen and oxygen atoms in total. The second-order valence-corrected chi connectivity index (χ2v) is 4.42. The molecular weight excluding hydrogens is 276 g/mol. The molecule has 0 saturated heterocycles. The van der Waals surface area contributed by atoms with Crippen molar-refractivity contribution in [1.82, 2.24) is 0 Å². The van der Waals surface area contributed by atoms with E-state index in [1.807, 2.05) is 0 Å². The largest absolute Gasteiger partial charge is 0.398 e. The smallest absolute Gasteiger partial charge is 0.199 e. The minimum absolute atomic E-state index is 0.0225. The van der Waals surface area contributed by atoms with Gasteiger partial charge in [0.05, 0.1) is 21.2 Å². The fourth-order valence-electron chi connectivity index (χ4n) is 1.58. The first-order valence-corrected chi connectivity index (χ1v) is 5.80. The van der Waals surface area contributed by atoms with Crippen molar-refractivity contribution < 1.29 is 9.18 Å². The molecule has 0 fully saturated rings. The van der Waals surface area contributed by atoms with Crippen LogP contribution in [0.4, 0.5) is 10.1 Å². The van der Waals surface area contributed by atoms with Crippen LogP contribution in [0.15, 0.2) is 36.4 Å². The second kappa shape index (κ2) is 4.96. The molecule has 0 heterocycles. The molecule has 2 aromatic carbocycles. The number of ketones is 1. The number of halogens is 3. The molecule has 2 rings (SSSR count). The summed E-state index contributed by atoms with van der Waals surface area (Å²) in [5.74, 6) is -1.21. The van der Waals surface area contributed by atoms with E-state index in [-0.39, 0.29) is 26.9 Å². The predicted octanol–water partition coefficient (Wildman–Crippen LogP) is 3.95. The Labute approximate surface area is 113 Å². The average Bonchev–Trinajstić information content (AvgIpc) is 2.35. The van der Waals surface area contributed by atoms with Gasteiger partial charge in [-0.3, -0.25) is 4.79 Å². The van der Waals surface area contributed by atoms with E-state index < -0.39 is 11.6 Å². The standard InChI is InChI=1S/C13H8Cl2FNO/c14-8-5-6-10(17)11(12(8)15)13(18)7-3-1-2-4-9(7)16/h1-6H,17H2. The molecule has 0 spiro atoms. The maximum Gasteiger partial charge on any atom is 0.199 e. The van der Waals surface area contributed by atoms with Crippen LogP contribution < -0.4 is 5.73 Å². The van der Waals surface area contributed by atoms with Gasteiger partial charge < -0.3 is 5.73 Å². The Balaban J connectivity index is 2.61. The third kappa shape index (κ3) is 2.19. The summed E-state index contributed by atoms with van der Waals surface area (Å²) >= 11 is 11.8. The van der Waals surface area contributed by atoms with E-state index >= 15 is 0 Å². The third-order valence-electron chi connectivity index (χ3n) is 2.47. The summed E-state index contributed by atoms with van der Waals surface area (Å²) in [6, 6.07) is 8.57. The minimum atomic E-state index is -0.627. The number of anilines is 1. The van der Waals surface area contributed by atoms with E-state index in [2.05, 4.69) is 0 Å². The molecule has 92 valence electrons. The maximum absolute atomic E-state index is 13.6. The van der Waals surface area contributed by atoms with Crippen molar-refractivity contribution in [1.29, 1.82) is 0 Å². The van der Waals surface area contributed by atoms with Gasteiger partial charge in [0.15, 0.2) is 5.78 Å². The van der Waals surface area contributed by atoms with Gasteiger partial charge in [0.1, 0.15) is 5.82 Å². The summed E-state index contributed by atoms with van der Waals surface area (Å²) in [7, 11) is 0. The van der Waals surface area contributed by atoms with Crippen LogP contribution in [0.1, 0.15) is 15.9 Å². The lowest BCUT2D eigenvalue weighted by Crippen LogP contribution is -2.08. The molecule has 0 aliphatic heterocycles. The van der Waals surface area contributed by atoms with Crippen LogP contribution in [0.2, 0.25) is 10.0 Å². The average molecular weight is 284 g/mol. The number of carbonyl (C=O) groups is 1. The number of carbonyl (C=O) groups excluding carboxylic acids is 1. The zero-order chi connectivity index (χ0) is 13.3. The number of nitrogens with two attached hydrogens (primary N) is 1. The van der Waals surface area contributed by atoms with Crippen LogP contribution in [0, 0.1) is 5.82 Å². The van der Waals surface area contributed by atoms with E-state index in [1.54, 1.807) is 6.07 Å². The summed E-state index contributed by atoms with van der Waals surface area (Å²) in [6.07, 6.45) is 0. The Bertz CT molecular complexity index is 628. The SMILES string of the molecule is Nc1ccc(Cl)c(Cl)c1C(=O)c1ccccc1F. The number of hydrogen-bond donors (Lipinski definition) is 1. The van der Waals surface area contributed by atoms with Crippen molar-refractivity contribution in [3.8, 4) is 0 Å². The van der Waals surface area contributed by atoms with Gasteiger partial charge in [-0.1, -0.05) is 35.3 Å². The molecule has 0 atom stereocenters. The first kappa shape index (κ1) is 12.9. The lowest BCUT2D eigenvalue weighted by atomic mass is 10.0. The van der Waals surface area contributed by atoms with Crippen LogP contribution in [0.3, 0.4) is 0 Å². The Morgan fingerprint density at radius 3 is 2.44 bits per heavy atom. The van der Waals surface area contributed by atoms with Crippen LogP contribution in [-0.4, -0.2) is 5.78 Å². The third-order valence-corrected chi connectivity index (χ3v) is 3.28. The molecule has 0 bridgehead atoms. The first-order chi connectivity index (χ1) is 8.52. The van der Waals surface area contributed by atoms with E-state index in [0.717, 1.165) is 0 Å². The van der Waals surface area contributed by atoms with Gasteiger partial charge in [0, 0.05) is 5.69 Å². The summed E-state index contributed by atoms with van der Waals surface area (Å²) < 4.78 is 13.6. The molecule has 0 radical (unpaired) electrons. The molecular formula is C13H8Cl2FNO. The molecule has 2 aromatic rings. The maximum atomic E-state index is 13.6. The van der Waals surface area contributed by atoms with Gasteiger partial charge >= 0.3 is 0 Å². The lowest BCUT2D eigenvalue weighted by Gasteiger charge is -2.09. The molecule has 5 heteroatoms. The van der Waals surface area contributed by atoms with Crippen LogP contribution in [0.25, 0.3) is 0 Å². The summed E-state index contributed by atoms with van der Waals surface area (Å²) in [5, 5.41) is 0.232. The van der Waals surface area contributed by atoms with Gasteiger partial charge in [-0.15, -0.1) is 0 Å². The molecule has 0 amide bonds. The number of benzene rings is 2. The Morgan fingerprint density at radius 2 is 1.78 bits per heavy atom. The second-order valence-electron chi connectivity index (χ2n) is 3.63. The van der Waals surface area contributed by atoms with E-state index in [4.69, 9.17) is 28.9 Å². The Kier molecular flexibility index (Phi) is 3.55. The molecule has 0 saturated carbocycles. The van der Waals surface area contributed by atoms with Crippen LogP contribution in [-0.2, 0) is 0 Å². The zero-order valence-electron chi connectivity index (χ0n) is 9.08. The van der Waals surface area contributed by atoms with E-state index in [1.165, 1.54) is 30.3 Å². The van der Waals surface area contributed by atoms with Crippen LogP contribution >= 0.6 is 23.2 Å². The molecule has 0 aliphatic carbocycles. The lowest BCUT2D eigenvalue weighted by molar-refractivity contribution is 0.103. The summed E-state index contributed by atoms with van der Waals surface area (Å²) in [6.45, 7) is 0. The topological polar surface area (TPSA) is 43.1 Å². The predicted molar refractivity (Wildman–Crippen MR) is 70.7 cm³/mol. The number of rotatable bonds is 2. The Hall–Kier alpha value is -1.58. The van der Waals surface area contributed by atoms with Crippen molar-refractivity contribution in [2.24, 2.45) is 0 Å². The van der Waals surface area contributed by atoms with Crippen LogP contribution in [0.5, 0.6) is 0 Å². The molecule has 0 aromatic heterocycles. The summed E-state index contributed by atoms with van der Waals surface area (Å²) in [5.41, 5.74) is 5.79. The van der Waals surface area contributed by atoms with Crippen molar-refractivity contribution in [2.75, 3.05) is 5.73 Å². The highest BCUT2D eigenvalue weighted by atomic mass is 35.5. The van der Waals surface area contributed by atoms with Crippen molar-refractivity contribution in [2.45, 2.75) is 0 Å². The fraction of sp³-hybridized carbons (Fsp3) is 0. The molecule has 0 aliphatic rings. The quantitative estimate of drug-likeness (QED) is 0.670. The van der Waals surface area contributed by atoms with E-state index in [0.29, 0.717) is 0 Å². The van der Waals surface area contributed by atoms with Crippen molar-refractivity contribution >= 4 is 34.7 Å². The summed E-state index contributed by atoms with van der Waals surface area (Å²) in [4.78, 5) is 12.2. The molecule has 0 unspecified atom stereocenters. The van der Waals surface area contributed by atoms with Gasteiger partial charge in [-0.05, 0) is 24.3 Å². The number of hydrogen-bond acceptors (Lipinski definition) is 2.